The Bertz CT molecular complexity index is 391. The maximum absolute atomic E-state index is 11.5. The highest BCUT2D eigenvalue weighted by atomic mass is 16.6. The Balaban J connectivity index is 2.96. The molecule has 5 nitrogen and oxygen atoms in total. The second-order valence-corrected chi connectivity index (χ2v) is 3.16. The molecule has 0 saturated carbocycles. The molecule has 1 aromatic rings. The second-order valence-electron chi connectivity index (χ2n) is 3.16. The van der Waals surface area contributed by atoms with Crippen LogP contribution in [0.5, 0.6) is 5.75 Å². The van der Waals surface area contributed by atoms with Gasteiger partial charge in [0.2, 0.25) is 0 Å². The van der Waals surface area contributed by atoms with E-state index in [9.17, 15) is 14.4 Å². The van der Waals surface area contributed by atoms with Gasteiger partial charge in [0.15, 0.2) is 12.6 Å². The van der Waals surface area contributed by atoms with E-state index in [1.807, 2.05) is 0 Å². The number of benzene rings is 1. The van der Waals surface area contributed by atoms with Gasteiger partial charge < -0.3 is 9.47 Å². The van der Waals surface area contributed by atoms with Crippen molar-refractivity contribution in [3.8, 4) is 5.75 Å². The lowest BCUT2D eigenvalue weighted by atomic mass is 10.1. The van der Waals surface area contributed by atoms with Gasteiger partial charge in [-0.3, -0.25) is 9.59 Å². The van der Waals surface area contributed by atoms with E-state index < -0.39 is 11.6 Å². The van der Waals surface area contributed by atoms with Gasteiger partial charge >= 0.3 is 11.6 Å². The first-order chi connectivity index (χ1) is 8.18. The first-order valence-corrected chi connectivity index (χ1v) is 5.02. The minimum absolute atomic E-state index is 0.0560. The van der Waals surface area contributed by atoms with E-state index in [2.05, 4.69) is 4.74 Å². The highest BCUT2D eigenvalue weighted by Crippen LogP contribution is 2.16. The smallest absolute Gasteiger partial charge is 0.365 e. The summed E-state index contributed by atoms with van der Waals surface area (Å²) < 4.78 is 9.74. The zero-order valence-corrected chi connectivity index (χ0v) is 9.29. The molecule has 0 atom stereocenters. The van der Waals surface area contributed by atoms with Gasteiger partial charge in [-0.15, -0.1) is 0 Å². The largest absolute Gasteiger partial charge is 0.462 e. The molecule has 0 heterocycles. The SMILES string of the molecule is CCOC(=O)C(C=O)(C=O)Oc1ccccc1. The van der Waals surface area contributed by atoms with Crippen molar-refractivity contribution < 1.29 is 23.9 Å². The molecule has 0 unspecified atom stereocenters. The minimum atomic E-state index is -2.22. The molecular weight excluding hydrogens is 224 g/mol. The molecule has 0 bridgehead atoms. The van der Waals surface area contributed by atoms with Gasteiger partial charge in [-0.25, -0.2) is 4.79 Å². The molecule has 0 N–H and O–H groups in total. The Morgan fingerprint density at radius 2 is 1.82 bits per heavy atom. The van der Waals surface area contributed by atoms with Gasteiger partial charge in [0.25, 0.3) is 0 Å². The van der Waals surface area contributed by atoms with Crippen LogP contribution in [0.4, 0.5) is 0 Å². The van der Waals surface area contributed by atoms with Crippen molar-refractivity contribution in [3.63, 3.8) is 0 Å². The van der Waals surface area contributed by atoms with Crippen molar-refractivity contribution in [1.82, 2.24) is 0 Å². The predicted molar refractivity (Wildman–Crippen MR) is 58.6 cm³/mol. The van der Waals surface area contributed by atoms with Crippen LogP contribution >= 0.6 is 0 Å². The topological polar surface area (TPSA) is 69.7 Å². The molecule has 0 aliphatic carbocycles. The molecule has 17 heavy (non-hydrogen) atoms. The third-order valence-corrected chi connectivity index (χ3v) is 1.97. The fourth-order valence-electron chi connectivity index (χ4n) is 1.14. The third-order valence-electron chi connectivity index (χ3n) is 1.97. The number of para-hydroxylation sites is 1. The van der Waals surface area contributed by atoms with E-state index in [4.69, 9.17) is 4.74 Å². The fraction of sp³-hybridized carbons (Fsp3) is 0.250. The molecule has 0 radical (unpaired) electrons. The quantitative estimate of drug-likeness (QED) is 0.414. The molecule has 5 heteroatoms. The number of carbonyl (C=O) groups is 3. The normalized spacial score (nSPS) is 10.4. The van der Waals surface area contributed by atoms with Crippen LogP contribution in [0.3, 0.4) is 0 Å². The monoisotopic (exact) mass is 236 g/mol. The lowest BCUT2D eigenvalue weighted by molar-refractivity contribution is -0.163. The van der Waals surface area contributed by atoms with E-state index in [1.54, 1.807) is 25.1 Å². The van der Waals surface area contributed by atoms with Crippen LogP contribution in [0.1, 0.15) is 6.92 Å². The molecule has 90 valence electrons. The Morgan fingerprint density at radius 3 is 2.29 bits per heavy atom. The molecule has 1 rings (SSSR count). The molecule has 0 saturated heterocycles. The van der Waals surface area contributed by atoms with Crippen LogP contribution in [-0.4, -0.2) is 30.7 Å². The summed E-state index contributed by atoms with van der Waals surface area (Å²) in [6.45, 7) is 1.63. The summed E-state index contributed by atoms with van der Waals surface area (Å²) in [5.41, 5.74) is -2.22. The number of esters is 1. The maximum atomic E-state index is 11.5. The third kappa shape index (κ3) is 2.90. The summed E-state index contributed by atoms with van der Waals surface area (Å²) in [5, 5.41) is 0. The molecule has 1 aromatic carbocycles. The molecule has 0 aromatic heterocycles. The Hall–Kier alpha value is -2.17. The fourth-order valence-corrected chi connectivity index (χ4v) is 1.14. The molecular formula is C12H12O5. The summed E-state index contributed by atoms with van der Waals surface area (Å²) >= 11 is 0. The van der Waals surface area contributed by atoms with Gasteiger partial charge in [0, 0.05) is 0 Å². The lowest BCUT2D eigenvalue weighted by Crippen LogP contribution is -2.49. The summed E-state index contributed by atoms with van der Waals surface area (Å²) in [6, 6.07) is 8.10. The molecule has 0 aliphatic rings. The predicted octanol–water partition coefficient (Wildman–Crippen LogP) is 0.765. The van der Waals surface area contributed by atoms with Gasteiger partial charge in [0.1, 0.15) is 5.75 Å². The number of rotatable bonds is 6. The first-order valence-electron chi connectivity index (χ1n) is 5.02. The molecule has 0 fully saturated rings. The number of carbonyl (C=O) groups excluding carboxylic acids is 3. The Labute approximate surface area is 98.3 Å². The standard InChI is InChI=1S/C12H12O5/c1-2-16-11(15)12(8-13,9-14)17-10-6-4-3-5-7-10/h3-9H,2H2,1H3. The highest BCUT2D eigenvalue weighted by Gasteiger charge is 2.43. The number of hydrogen-bond acceptors (Lipinski definition) is 5. The van der Waals surface area contributed by atoms with Crippen molar-refractivity contribution in [2.45, 2.75) is 12.5 Å². The second kappa shape index (κ2) is 5.79. The zero-order valence-electron chi connectivity index (χ0n) is 9.29. The summed E-state index contributed by atoms with van der Waals surface area (Å²) in [5.74, 6) is -0.784. The van der Waals surface area contributed by atoms with Crippen molar-refractivity contribution in [1.29, 1.82) is 0 Å². The molecule has 0 aliphatic heterocycles. The molecule has 0 amide bonds. The van der Waals surface area contributed by atoms with E-state index in [0.717, 1.165) is 0 Å². The number of aldehydes is 2. The zero-order chi connectivity index (χ0) is 12.7. The van der Waals surface area contributed by atoms with E-state index in [1.165, 1.54) is 12.1 Å². The van der Waals surface area contributed by atoms with Crippen molar-refractivity contribution >= 4 is 18.5 Å². The highest BCUT2D eigenvalue weighted by molar-refractivity contribution is 6.12. The summed E-state index contributed by atoms with van der Waals surface area (Å²) in [6.07, 6.45) is 0.260. The van der Waals surface area contributed by atoms with E-state index in [0.29, 0.717) is 0 Å². The average Bonchev–Trinajstić information content (AvgIpc) is 2.37. The van der Waals surface area contributed by atoms with Crippen molar-refractivity contribution in [2.75, 3.05) is 6.61 Å². The van der Waals surface area contributed by atoms with Gasteiger partial charge in [-0.2, -0.15) is 0 Å². The van der Waals surface area contributed by atoms with Crippen molar-refractivity contribution in [2.24, 2.45) is 0 Å². The summed E-state index contributed by atoms with van der Waals surface area (Å²) in [7, 11) is 0. The Morgan fingerprint density at radius 1 is 1.24 bits per heavy atom. The summed E-state index contributed by atoms with van der Waals surface area (Å²) in [4.78, 5) is 33.4. The van der Waals surface area contributed by atoms with Crippen molar-refractivity contribution in [3.05, 3.63) is 30.3 Å². The van der Waals surface area contributed by atoms with Crippen LogP contribution in [0.15, 0.2) is 30.3 Å². The number of ether oxygens (including phenoxy) is 2. The van der Waals surface area contributed by atoms with Crippen LogP contribution in [0.25, 0.3) is 0 Å². The van der Waals surface area contributed by atoms with Gasteiger partial charge in [0.05, 0.1) is 6.61 Å². The van der Waals surface area contributed by atoms with Crippen LogP contribution in [0, 0.1) is 0 Å². The minimum Gasteiger partial charge on any atom is -0.462 e. The van der Waals surface area contributed by atoms with Gasteiger partial charge in [-0.1, -0.05) is 18.2 Å². The van der Waals surface area contributed by atoms with Crippen LogP contribution in [0.2, 0.25) is 0 Å². The Kier molecular flexibility index (Phi) is 4.39. The number of hydrogen-bond donors (Lipinski definition) is 0. The van der Waals surface area contributed by atoms with Gasteiger partial charge in [-0.05, 0) is 19.1 Å². The first kappa shape index (κ1) is 12.9. The average molecular weight is 236 g/mol. The molecule has 0 spiro atoms. The van der Waals surface area contributed by atoms with Crippen LogP contribution < -0.4 is 4.74 Å². The van der Waals surface area contributed by atoms with Crippen LogP contribution in [-0.2, 0) is 19.1 Å². The maximum Gasteiger partial charge on any atom is 0.365 e. The lowest BCUT2D eigenvalue weighted by Gasteiger charge is -2.20. The van der Waals surface area contributed by atoms with E-state index >= 15 is 0 Å². The van der Waals surface area contributed by atoms with E-state index in [-0.39, 0.29) is 24.9 Å².